The lowest BCUT2D eigenvalue weighted by atomic mass is 10.3. The summed E-state index contributed by atoms with van der Waals surface area (Å²) >= 11 is 0. The standard InChI is InChI=1S/C16H15NO4/c1-11-12(17-16(21-11)15-8-5-9-19-15)10-20-14-7-4-3-6-13(14)18-2/h3-9H,10H2,1-2H3. The van der Waals surface area contributed by atoms with E-state index in [-0.39, 0.29) is 0 Å². The van der Waals surface area contributed by atoms with Gasteiger partial charge < -0.3 is 18.3 Å². The molecule has 2 heterocycles. The molecule has 0 radical (unpaired) electrons. The molecule has 5 heteroatoms. The molecule has 0 saturated carbocycles. The van der Waals surface area contributed by atoms with Gasteiger partial charge in [0.25, 0.3) is 5.89 Å². The minimum atomic E-state index is 0.302. The minimum absolute atomic E-state index is 0.302. The van der Waals surface area contributed by atoms with E-state index in [1.165, 1.54) is 0 Å². The van der Waals surface area contributed by atoms with Gasteiger partial charge >= 0.3 is 0 Å². The number of rotatable bonds is 5. The van der Waals surface area contributed by atoms with Gasteiger partial charge in [0.15, 0.2) is 17.3 Å². The van der Waals surface area contributed by atoms with Crippen LogP contribution in [-0.4, -0.2) is 12.1 Å². The van der Waals surface area contributed by atoms with Crippen LogP contribution in [-0.2, 0) is 6.61 Å². The van der Waals surface area contributed by atoms with Crippen molar-refractivity contribution in [3.05, 3.63) is 54.1 Å². The average Bonchev–Trinajstić information content (AvgIpc) is 3.15. The van der Waals surface area contributed by atoms with Crippen LogP contribution in [0.15, 0.2) is 51.5 Å². The van der Waals surface area contributed by atoms with Gasteiger partial charge in [-0.15, -0.1) is 0 Å². The topological polar surface area (TPSA) is 57.6 Å². The van der Waals surface area contributed by atoms with Crippen LogP contribution in [0.4, 0.5) is 0 Å². The number of aromatic nitrogens is 1. The minimum Gasteiger partial charge on any atom is -0.493 e. The fourth-order valence-electron chi connectivity index (χ4n) is 1.95. The first-order chi connectivity index (χ1) is 10.3. The van der Waals surface area contributed by atoms with E-state index in [0.29, 0.717) is 35.5 Å². The van der Waals surface area contributed by atoms with Crippen molar-refractivity contribution in [3.8, 4) is 23.1 Å². The molecule has 0 spiro atoms. The fraction of sp³-hybridized carbons (Fsp3) is 0.188. The molecule has 0 atom stereocenters. The van der Waals surface area contributed by atoms with Crippen molar-refractivity contribution < 1.29 is 18.3 Å². The summed E-state index contributed by atoms with van der Waals surface area (Å²) in [4.78, 5) is 4.40. The third kappa shape index (κ3) is 2.76. The predicted octanol–water partition coefficient (Wildman–Crippen LogP) is 3.83. The first kappa shape index (κ1) is 13.3. The molecular formula is C16H15NO4. The molecule has 0 unspecified atom stereocenters. The molecule has 0 bridgehead atoms. The molecule has 1 aromatic carbocycles. The van der Waals surface area contributed by atoms with Gasteiger partial charge in [0, 0.05) is 0 Å². The molecule has 3 aromatic rings. The summed E-state index contributed by atoms with van der Waals surface area (Å²) in [7, 11) is 1.61. The van der Waals surface area contributed by atoms with E-state index < -0.39 is 0 Å². The summed E-state index contributed by atoms with van der Waals surface area (Å²) in [6, 6.07) is 11.1. The average molecular weight is 285 g/mol. The second-order valence-corrected chi connectivity index (χ2v) is 4.44. The number of ether oxygens (including phenoxy) is 2. The summed E-state index contributed by atoms with van der Waals surface area (Å²) in [5, 5.41) is 0. The van der Waals surface area contributed by atoms with Crippen LogP contribution >= 0.6 is 0 Å². The highest BCUT2D eigenvalue weighted by Crippen LogP contribution is 2.28. The maximum atomic E-state index is 5.75. The third-order valence-corrected chi connectivity index (χ3v) is 3.06. The van der Waals surface area contributed by atoms with Gasteiger partial charge in [0.05, 0.1) is 13.4 Å². The Bertz CT molecular complexity index is 716. The van der Waals surface area contributed by atoms with Crippen LogP contribution in [0.1, 0.15) is 11.5 Å². The number of hydrogen-bond donors (Lipinski definition) is 0. The van der Waals surface area contributed by atoms with E-state index in [0.717, 1.165) is 5.69 Å². The molecule has 21 heavy (non-hydrogen) atoms. The summed E-state index contributed by atoms with van der Waals surface area (Å²) in [6.07, 6.45) is 1.58. The molecular weight excluding hydrogens is 270 g/mol. The molecule has 0 fully saturated rings. The molecule has 0 aliphatic rings. The van der Waals surface area contributed by atoms with Gasteiger partial charge in [-0.25, -0.2) is 4.98 Å². The number of furan rings is 1. The Morgan fingerprint density at radius 1 is 1.10 bits per heavy atom. The second kappa shape index (κ2) is 5.75. The normalized spacial score (nSPS) is 10.6. The Kier molecular flexibility index (Phi) is 3.64. The molecule has 0 saturated heterocycles. The van der Waals surface area contributed by atoms with Crippen LogP contribution < -0.4 is 9.47 Å². The van der Waals surface area contributed by atoms with E-state index >= 15 is 0 Å². The highest BCUT2D eigenvalue weighted by atomic mass is 16.5. The largest absolute Gasteiger partial charge is 0.493 e. The highest BCUT2D eigenvalue weighted by molar-refractivity contribution is 5.45. The molecule has 2 aromatic heterocycles. The zero-order valence-corrected chi connectivity index (χ0v) is 11.8. The molecule has 0 amide bonds. The SMILES string of the molecule is COc1ccccc1OCc1nc(-c2ccco2)oc1C. The first-order valence-electron chi connectivity index (χ1n) is 6.54. The van der Waals surface area contributed by atoms with Crippen LogP contribution in [0.5, 0.6) is 11.5 Å². The Morgan fingerprint density at radius 2 is 1.90 bits per heavy atom. The van der Waals surface area contributed by atoms with Crippen molar-refractivity contribution in [2.45, 2.75) is 13.5 Å². The van der Waals surface area contributed by atoms with Crippen molar-refractivity contribution in [1.29, 1.82) is 0 Å². The zero-order chi connectivity index (χ0) is 14.7. The number of oxazole rings is 1. The van der Waals surface area contributed by atoms with E-state index in [1.54, 1.807) is 25.5 Å². The summed E-state index contributed by atoms with van der Waals surface area (Å²) in [6.45, 7) is 2.15. The van der Waals surface area contributed by atoms with E-state index in [2.05, 4.69) is 4.98 Å². The van der Waals surface area contributed by atoms with Crippen molar-refractivity contribution in [3.63, 3.8) is 0 Å². The molecule has 0 N–H and O–H groups in total. The number of hydrogen-bond acceptors (Lipinski definition) is 5. The monoisotopic (exact) mass is 285 g/mol. The van der Waals surface area contributed by atoms with E-state index in [9.17, 15) is 0 Å². The molecule has 3 rings (SSSR count). The van der Waals surface area contributed by atoms with E-state index in [4.69, 9.17) is 18.3 Å². The molecule has 5 nitrogen and oxygen atoms in total. The van der Waals surface area contributed by atoms with Crippen molar-refractivity contribution in [2.75, 3.05) is 7.11 Å². The Morgan fingerprint density at radius 3 is 2.62 bits per heavy atom. The lowest BCUT2D eigenvalue weighted by Gasteiger charge is -2.08. The van der Waals surface area contributed by atoms with Gasteiger partial charge in [-0.2, -0.15) is 0 Å². The summed E-state index contributed by atoms with van der Waals surface area (Å²) in [5.74, 6) is 3.11. The smallest absolute Gasteiger partial charge is 0.263 e. The summed E-state index contributed by atoms with van der Waals surface area (Å²) in [5.41, 5.74) is 0.729. The maximum absolute atomic E-state index is 5.75. The number of benzene rings is 1. The fourth-order valence-corrected chi connectivity index (χ4v) is 1.95. The van der Waals surface area contributed by atoms with Crippen molar-refractivity contribution in [1.82, 2.24) is 4.98 Å². The van der Waals surface area contributed by atoms with Gasteiger partial charge in [0.1, 0.15) is 18.1 Å². The van der Waals surface area contributed by atoms with Gasteiger partial charge in [-0.05, 0) is 31.2 Å². The van der Waals surface area contributed by atoms with Gasteiger partial charge in [-0.3, -0.25) is 0 Å². The second-order valence-electron chi connectivity index (χ2n) is 4.44. The first-order valence-corrected chi connectivity index (χ1v) is 6.54. The van der Waals surface area contributed by atoms with Gasteiger partial charge in [-0.1, -0.05) is 12.1 Å². The Labute approximate surface area is 122 Å². The number of aryl methyl sites for hydroxylation is 1. The van der Waals surface area contributed by atoms with Crippen molar-refractivity contribution >= 4 is 0 Å². The lowest BCUT2D eigenvalue weighted by molar-refractivity contribution is 0.279. The number of methoxy groups -OCH3 is 1. The summed E-state index contributed by atoms with van der Waals surface area (Å²) < 4.78 is 21.8. The predicted molar refractivity (Wildman–Crippen MR) is 76.3 cm³/mol. The maximum Gasteiger partial charge on any atom is 0.263 e. The highest BCUT2D eigenvalue weighted by Gasteiger charge is 2.14. The van der Waals surface area contributed by atoms with E-state index in [1.807, 2.05) is 31.2 Å². The zero-order valence-electron chi connectivity index (χ0n) is 11.8. The van der Waals surface area contributed by atoms with Crippen molar-refractivity contribution in [2.24, 2.45) is 0 Å². The van der Waals surface area contributed by atoms with Crippen LogP contribution in [0.3, 0.4) is 0 Å². The Hall–Kier alpha value is -2.69. The number of nitrogens with zero attached hydrogens (tertiary/aromatic N) is 1. The quantitative estimate of drug-likeness (QED) is 0.713. The molecule has 108 valence electrons. The van der Waals surface area contributed by atoms with Crippen LogP contribution in [0.25, 0.3) is 11.7 Å². The molecule has 0 aliphatic carbocycles. The van der Waals surface area contributed by atoms with Crippen LogP contribution in [0.2, 0.25) is 0 Å². The van der Waals surface area contributed by atoms with Crippen LogP contribution in [0, 0.1) is 6.92 Å². The lowest BCUT2D eigenvalue weighted by Crippen LogP contribution is -1.99. The Balaban J connectivity index is 1.76. The third-order valence-electron chi connectivity index (χ3n) is 3.06. The van der Waals surface area contributed by atoms with Gasteiger partial charge in [0.2, 0.25) is 0 Å². The molecule has 0 aliphatic heterocycles. The number of para-hydroxylation sites is 2.